The lowest BCUT2D eigenvalue weighted by atomic mass is 9.98. The van der Waals surface area contributed by atoms with Crippen molar-refractivity contribution in [3.8, 4) is 0 Å². The molecule has 3 rings (SSSR count). The molecule has 2 saturated heterocycles. The number of carbonyl (C=O) groups excluding carboxylic acids is 1. The van der Waals surface area contributed by atoms with Crippen molar-refractivity contribution in [3.05, 3.63) is 35.4 Å². The van der Waals surface area contributed by atoms with Gasteiger partial charge in [0.2, 0.25) is 0 Å². The van der Waals surface area contributed by atoms with Crippen LogP contribution >= 0.6 is 0 Å². The Morgan fingerprint density at radius 1 is 1.25 bits per heavy atom. The first-order chi connectivity index (χ1) is 11.6. The molecule has 2 atom stereocenters. The lowest BCUT2D eigenvalue weighted by molar-refractivity contribution is 0.0952. The average Bonchev–Trinajstić information content (AvgIpc) is 3.05. The van der Waals surface area contributed by atoms with Crippen LogP contribution in [0.4, 0.5) is 13.6 Å². The van der Waals surface area contributed by atoms with Crippen molar-refractivity contribution >= 4 is 6.03 Å². The van der Waals surface area contributed by atoms with Crippen LogP contribution in [0.5, 0.6) is 0 Å². The monoisotopic (exact) mass is 340 g/mol. The van der Waals surface area contributed by atoms with Gasteiger partial charge < -0.3 is 20.1 Å². The van der Waals surface area contributed by atoms with Gasteiger partial charge in [-0.05, 0) is 42.9 Å². The predicted molar refractivity (Wildman–Crippen MR) is 83.4 cm³/mol. The molecule has 0 aromatic heterocycles. The summed E-state index contributed by atoms with van der Waals surface area (Å²) in [7, 11) is 0. The van der Waals surface area contributed by atoms with Crippen molar-refractivity contribution in [2.45, 2.75) is 31.4 Å². The van der Waals surface area contributed by atoms with Crippen LogP contribution in [0.1, 0.15) is 30.9 Å². The summed E-state index contributed by atoms with van der Waals surface area (Å²) in [6, 6.07) is 3.25. The summed E-state index contributed by atoms with van der Waals surface area (Å²) in [6.07, 6.45) is 1.73. The molecule has 1 aromatic carbocycles. The second kappa shape index (κ2) is 7.44. The summed E-state index contributed by atoms with van der Waals surface area (Å²) < 4.78 is 32.1. The fourth-order valence-corrected chi connectivity index (χ4v) is 3.32. The number of carbonyl (C=O) groups is 1. The van der Waals surface area contributed by atoms with Crippen molar-refractivity contribution < 1.29 is 23.4 Å². The molecule has 132 valence electrons. The summed E-state index contributed by atoms with van der Waals surface area (Å²) in [5.74, 6) is -1.55. The van der Waals surface area contributed by atoms with Gasteiger partial charge in [0.25, 0.3) is 0 Å². The van der Waals surface area contributed by atoms with Crippen LogP contribution in [0.25, 0.3) is 0 Å². The molecule has 0 spiro atoms. The van der Waals surface area contributed by atoms with E-state index in [0.29, 0.717) is 31.7 Å². The number of nitrogens with zero attached hydrogens (tertiary/aromatic N) is 1. The molecule has 7 heteroatoms. The highest BCUT2D eigenvalue weighted by atomic mass is 19.2. The summed E-state index contributed by atoms with van der Waals surface area (Å²) >= 11 is 0. The van der Waals surface area contributed by atoms with Crippen molar-refractivity contribution in [1.82, 2.24) is 10.2 Å². The molecule has 1 aromatic rings. The highest BCUT2D eigenvalue weighted by molar-refractivity contribution is 5.74. The summed E-state index contributed by atoms with van der Waals surface area (Å²) in [6.45, 7) is 1.84. The molecule has 2 amide bonds. The number of aliphatic hydroxyl groups is 1. The van der Waals surface area contributed by atoms with E-state index in [-0.39, 0.29) is 24.6 Å². The van der Waals surface area contributed by atoms with Gasteiger partial charge in [-0.25, -0.2) is 13.6 Å². The number of piperidine rings is 1. The topological polar surface area (TPSA) is 61.8 Å². The lowest BCUT2D eigenvalue weighted by Crippen LogP contribution is -2.48. The largest absolute Gasteiger partial charge is 0.396 e. The van der Waals surface area contributed by atoms with Gasteiger partial charge in [-0.15, -0.1) is 0 Å². The number of likely N-dealkylation sites (tertiary alicyclic amines) is 1. The van der Waals surface area contributed by atoms with E-state index in [1.54, 1.807) is 4.90 Å². The second-order valence-corrected chi connectivity index (χ2v) is 6.42. The Kier molecular flexibility index (Phi) is 5.30. The van der Waals surface area contributed by atoms with Gasteiger partial charge in [0, 0.05) is 26.3 Å². The van der Waals surface area contributed by atoms with Crippen LogP contribution in [0.3, 0.4) is 0 Å². The number of benzene rings is 1. The number of ether oxygens (including phenoxy) is 1. The number of amides is 2. The Balaban J connectivity index is 1.61. The van der Waals surface area contributed by atoms with Gasteiger partial charge in [0.05, 0.1) is 6.04 Å². The third-order valence-corrected chi connectivity index (χ3v) is 4.83. The number of rotatable bonds is 3. The number of hydrogen-bond donors (Lipinski definition) is 2. The van der Waals surface area contributed by atoms with Crippen LogP contribution in [0.15, 0.2) is 18.2 Å². The van der Waals surface area contributed by atoms with E-state index in [1.165, 1.54) is 6.07 Å². The molecule has 0 unspecified atom stereocenters. The van der Waals surface area contributed by atoms with Crippen molar-refractivity contribution in [2.75, 3.05) is 26.3 Å². The molecule has 0 radical (unpaired) electrons. The standard InChI is InChI=1S/C17H22F2N2O3/c18-13-2-1-12(9-14(13)19)16-15(5-8-24-16)20-17(23)21-6-3-11(10-22)4-7-21/h1-2,9,11,15-16,22H,3-8,10H2,(H,20,23)/t15-,16+/m1/s1. The molecule has 2 N–H and O–H groups in total. The Morgan fingerprint density at radius 3 is 2.67 bits per heavy atom. The van der Waals surface area contributed by atoms with E-state index < -0.39 is 17.7 Å². The molecular weight excluding hydrogens is 318 g/mol. The first kappa shape index (κ1) is 17.1. The first-order valence-electron chi connectivity index (χ1n) is 8.31. The smallest absolute Gasteiger partial charge is 0.317 e. The fraction of sp³-hybridized carbons (Fsp3) is 0.588. The Bertz CT molecular complexity index is 591. The van der Waals surface area contributed by atoms with Gasteiger partial charge in [0.15, 0.2) is 11.6 Å². The third kappa shape index (κ3) is 3.67. The minimum Gasteiger partial charge on any atom is -0.396 e. The Labute approximate surface area is 139 Å². The third-order valence-electron chi connectivity index (χ3n) is 4.83. The number of hydrogen-bond acceptors (Lipinski definition) is 3. The fourth-order valence-electron chi connectivity index (χ4n) is 3.32. The molecule has 2 heterocycles. The normalized spacial score (nSPS) is 25.0. The van der Waals surface area contributed by atoms with E-state index in [2.05, 4.69) is 5.32 Å². The first-order valence-corrected chi connectivity index (χ1v) is 8.31. The van der Waals surface area contributed by atoms with E-state index in [9.17, 15) is 13.6 Å². The van der Waals surface area contributed by atoms with Crippen LogP contribution in [0.2, 0.25) is 0 Å². The van der Waals surface area contributed by atoms with Gasteiger partial charge >= 0.3 is 6.03 Å². The number of urea groups is 1. The Morgan fingerprint density at radius 2 is 2.00 bits per heavy atom. The van der Waals surface area contributed by atoms with Gasteiger partial charge in [0.1, 0.15) is 6.10 Å². The number of aliphatic hydroxyl groups excluding tert-OH is 1. The second-order valence-electron chi connectivity index (χ2n) is 6.42. The zero-order valence-corrected chi connectivity index (χ0v) is 13.4. The maximum absolute atomic E-state index is 13.4. The van der Waals surface area contributed by atoms with E-state index in [4.69, 9.17) is 9.84 Å². The van der Waals surface area contributed by atoms with E-state index >= 15 is 0 Å². The van der Waals surface area contributed by atoms with Crippen molar-refractivity contribution in [1.29, 1.82) is 0 Å². The van der Waals surface area contributed by atoms with E-state index in [1.807, 2.05) is 0 Å². The highest BCUT2D eigenvalue weighted by Gasteiger charge is 2.33. The molecule has 0 bridgehead atoms. The summed E-state index contributed by atoms with van der Waals surface area (Å²) in [5, 5.41) is 12.1. The van der Waals surface area contributed by atoms with Gasteiger partial charge in [-0.2, -0.15) is 0 Å². The lowest BCUT2D eigenvalue weighted by Gasteiger charge is -2.32. The minimum absolute atomic E-state index is 0.157. The van der Waals surface area contributed by atoms with Gasteiger partial charge in [-0.3, -0.25) is 0 Å². The molecule has 0 saturated carbocycles. The van der Waals surface area contributed by atoms with Crippen LogP contribution in [-0.2, 0) is 4.74 Å². The van der Waals surface area contributed by atoms with Crippen molar-refractivity contribution in [2.24, 2.45) is 5.92 Å². The summed E-state index contributed by atoms with van der Waals surface area (Å²) in [5.41, 5.74) is 0.524. The molecule has 0 aliphatic carbocycles. The predicted octanol–water partition coefficient (Wildman–Crippen LogP) is 2.21. The molecule has 5 nitrogen and oxygen atoms in total. The van der Waals surface area contributed by atoms with Crippen molar-refractivity contribution in [3.63, 3.8) is 0 Å². The molecule has 2 aliphatic heterocycles. The highest BCUT2D eigenvalue weighted by Crippen LogP contribution is 2.30. The average molecular weight is 340 g/mol. The van der Waals surface area contributed by atoms with Crippen LogP contribution in [0, 0.1) is 17.6 Å². The quantitative estimate of drug-likeness (QED) is 0.887. The maximum atomic E-state index is 13.4. The minimum atomic E-state index is -0.917. The molecule has 2 aliphatic rings. The van der Waals surface area contributed by atoms with Crippen LogP contribution in [-0.4, -0.2) is 48.4 Å². The molecule has 24 heavy (non-hydrogen) atoms. The summed E-state index contributed by atoms with van der Waals surface area (Å²) in [4.78, 5) is 14.1. The SMILES string of the molecule is O=C(N[C@@H]1CCO[C@H]1c1ccc(F)c(F)c1)N1CCC(CO)CC1. The number of halogens is 2. The maximum Gasteiger partial charge on any atom is 0.317 e. The Hall–Kier alpha value is -1.73. The van der Waals surface area contributed by atoms with Gasteiger partial charge in [-0.1, -0.05) is 6.07 Å². The zero-order chi connectivity index (χ0) is 17.1. The number of nitrogens with one attached hydrogen (secondary N) is 1. The zero-order valence-electron chi connectivity index (χ0n) is 13.4. The van der Waals surface area contributed by atoms with E-state index in [0.717, 1.165) is 25.0 Å². The molecule has 2 fully saturated rings. The molecular formula is C17H22F2N2O3. The van der Waals surface area contributed by atoms with Crippen LogP contribution < -0.4 is 5.32 Å².